The van der Waals surface area contributed by atoms with Crippen molar-refractivity contribution in [2.24, 2.45) is 0 Å². The normalized spacial score (nSPS) is 26.6. The van der Waals surface area contributed by atoms with Gasteiger partial charge in [0.15, 0.2) is 0 Å². The minimum Gasteiger partial charge on any atom is -0.399 e. The summed E-state index contributed by atoms with van der Waals surface area (Å²) in [5.74, 6) is 0. The van der Waals surface area contributed by atoms with Gasteiger partial charge >= 0.3 is 0 Å². The van der Waals surface area contributed by atoms with Crippen molar-refractivity contribution >= 4 is 5.69 Å². The monoisotopic (exact) mass is 244 g/mol. The molecule has 1 aromatic rings. The third-order valence-electron chi connectivity index (χ3n) is 4.66. The summed E-state index contributed by atoms with van der Waals surface area (Å²) in [5.41, 5.74) is 8.13. The van der Waals surface area contributed by atoms with Crippen LogP contribution >= 0.6 is 0 Å². The molecule has 0 spiro atoms. The largest absolute Gasteiger partial charge is 0.399 e. The molecule has 2 heteroatoms. The standard InChI is InChI=1S/C16H24N2/c17-14-10-8-13(9-11-14)16-7-4-12-18(16)15-5-2-1-3-6-15/h8-11,15-16H,1-7,12,17H2. The van der Waals surface area contributed by atoms with Crippen molar-refractivity contribution in [3.8, 4) is 0 Å². The van der Waals surface area contributed by atoms with E-state index in [1.165, 1.54) is 57.1 Å². The summed E-state index contributed by atoms with van der Waals surface area (Å²) in [5, 5.41) is 0. The van der Waals surface area contributed by atoms with Gasteiger partial charge in [0.1, 0.15) is 0 Å². The van der Waals surface area contributed by atoms with Crippen LogP contribution in [0.15, 0.2) is 24.3 Å². The number of likely N-dealkylation sites (tertiary alicyclic amines) is 1. The number of hydrogen-bond acceptors (Lipinski definition) is 2. The highest BCUT2D eigenvalue weighted by molar-refractivity contribution is 5.40. The van der Waals surface area contributed by atoms with Crippen molar-refractivity contribution in [3.05, 3.63) is 29.8 Å². The molecule has 1 atom stereocenters. The van der Waals surface area contributed by atoms with Crippen LogP contribution in [0, 0.1) is 0 Å². The van der Waals surface area contributed by atoms with Gasteiger partial charge in [-0.2, -0.15) is 0 Å². The summed E-state index contributed by atoms with van der Waals surface area (Å²) >= 11 is 0. The number of rotatable bonds is 2. The molecular weight excluding hydrogens is 220 g/mol. The number of benzene rings is 1. The number of hydrogen-bond donors (Lipinski definition) is 1. The molecule has 0 amide bonds. The average Bonchev–Trinajstić information content (AvgIpc) is 2.90. The van der Waals surface area contributed by atoms with Crippen molar-refractivity contribution < 1.29 is 0 Å². The van der Waals surface area contributed by atoms with Crippen LogP contribution in [0.1, 0.15) is 56.6 Å². The van der Waals surface area contributed by atoms with E-state index in [-0.39, 0.29) is 0 Å². The van der Waals surface area contributed by atoms with Crippen molar-refractivity contribution in [1.82, 2.24) is 4.90 Å². The first-order valence-corrected chi connectivity index (χ1v) is 7.46. The maximum absolute atomic E-state index is 5.79. The van der Waals surface area contributed by atoms with E-state index < -0.39 is 0 Å². The van der Waals surface area contributed by atoms with Crippen molar-refractivity contribution in [2.45, 2.75) is 57.0 Å². The molecule has 0 radical (unpaired) electrons. The molecule has 1 aliphatic heterocycles. The second kappa shape index (κ2) is 5.31. The third kappa shape index (κ3) is 2.39. The van der Waals surface area contributed by atoms with E-state index in [1.54, 1.807) is 0 Å². The quantitative estimate of drug-likeness (QED) is 0.803. The first-order chi connectivity index (χ1) is 8.84. The molecule has 1 saturated heterocycles. The highest BCUT2D eigenvalue weighted by Crippen LogP contribution is 2.37. The van der Waals surface area contributed by atoms with E-state index in [9.17, 15) is 0 Å². The van der Waals surface area contributed by atoms with Crippen molar-refractivity contribution in [3.63, 3.8) is 0 Å². The van der Waals surface area contributed by atoms with Gasteiger partial charge in [-0.25, -0.2) is 0 Å². The Morgan fingerprint density at radius 1 is 0.889 bits per heavy atom. The second-order valence-electron chi connectivity index (χ2n) is 5.85. The fourth-order valence-electron chi connectivity index (χ4n) is 3.71. The highest BCUT2D eigenvalue weighted by atomic mass is 15.2. The Morgan fingerprint density at radius 3 is 2.33 bits per heavy atom. The first kappa shape index (κ1) is 12.0. The van der Waals surface area contributed by atoms with Gasteiger partial charge in [0.05, 0.1) is 0 Å². The zero-order valence-corrected chi connectivity index (χ0v) is 11.1. The summed E-state index contributed by atoms with van der Waals surface area (Å²) in [4.78, 5) is 2.77. The van der Waals surface area contributed by atoms with Gasteiger partial charge in [0, 0.05) is 17.8 Å². The van der Waals surface area contributed by atoms with Crippen LogP contribution in [0.3, 0.4) is 0 Å². The molecule has 1 saturated carbocycles. The van der Waals surface area contributed by atoms with E-state index in [1.807, 2.05) is 12.1 Å². The van der Waals surface area contributed by atoms with E-state index >= 15 is 0 Å². The Balaban J connectivity index is 1.75. The molecule has 0 aromatic heterocycles. The van der Waals surface area contributed by atoms with Gasteiger partial charge in [-0.1, -0.05) is 31.4 Å². The van der Waals surface area contributed by atoms with Crippen LogP contribution in [0.5, 0.6) is 0 Å². The number of anilines is 1. The first-order valence-electron chi connectivity index (χ1n) is 7.46. The summed E-state index contributed by atoms with van der Waals surface area (Å²) in [6.45, 7) is 1.29. The highest BCUT2D eigenvalue weighted by Gasteiger charge is 2.32. The summed E-state index contributed by atoms with van der Waals surface area (Å²) in [7, 11) is 0. The third-order valence-corrected chi connectivity index (χ3v) is 4.66. The second-order valence-corrected chi connectivity index (χ2v) is 5.85. The Morgan fingerprint density at radius 2 is 1.61 bits per heavy atom. The zero-order chi connectivity index (χ0) is 12.4. The minimum atomic E-state index is 0.647. The lowest BCUT2D eigenvalue weighted by Gasteiger charge is -2.35. The Hall–Kier alpha value is -1.02. The maximum Gasteiger partial charge on any atom is 0.0351 e. The minimum absolute atomic E-state index is 0.647. The number of nitrogen functional groups attached to an aromatic ring is 1. The Bertz CT molecular complexity index is 379. The van der Waals surface area contributed by atoms with Crippen molar-refractivity contribution in [1.29, 1.82) is 0 Å². The predicted octanol–water partition coefficient (Wildman–Crippen LogP) is 3.74. The molecule has 18 heavy (non-hydrogen) atoms. The molecule has 2 nitrogen and oxygen atoms in total. The fraction of sp³-hybridized carbons (Fsp3) is 0.625. The molecule has 2 fully saturated rings. The van der Waals surface area contributed by atoms with Gasteiger partial charge < -0.3 is 5.73 Å². The van der Waals surface area contributed by atoms with E-state index in [0.717, 1.165) is 11.7 Å². The number of nitrogens with two attached hydrogens (primary N) is 1. The predicted molar refractivity (Wildman–Crippen MR) is 76.4 cm³/mol. The van der Waals surface area contributed by atoms with Crippen LogP contribution in [-0.2, 0) is 0 Å². The zero-order valence-electron chi connectivity index (χ0n) is 11.1. The Kier molecular flexibility index (Phi) is 3.55. The van der Waals surface area contributed by atoms with Gasteiger partial charge in [-0.3, -0.25) is 4.90 Å². The molecule has 2 aliphatic rings. The van der Waals surface area contributed by atoms with Crippen LogP contribution < -0.4 is 5.73 Å². The van der Waals surface area contributed by atoms with Crippen LogP contribution in [0.4, 0.5) is 5.69 Å². The lowest BCUT2D eigenvalue weighted by atomic mass is 9.92. The molecule has 1 aliphatic carbocycles. The molecule has 1 heterocycles. The van der Waals surface area contributed by atoms with Crippen LogP contribution in [0.25, 0.3) is 0 Å². The van der Waals surface area contributed by atoms with Crippen LogP contribution in [0.2, 0.25) is 0 Å². The van der Waals surface area contributed by atoms with Gasteiger partial charge in [0.2, 0.25) is 0 Å². The fourth-order valence-corrected chi connectivity index (χ4v) is 3.71. The van der Waals surface area contributed by atoms with Gasteiger partial charge in [0.25, 0.3) is 0 Å². The molecule has 2 N–H and O–H groups in total. The summed E-state index contributed by atoms with van der Waals surface area (Å²) in [6.07, 6.45) is 9.78. The smallest absolute Gasteiger partial charge is 0.0351 e. The SMILES string of the molecule is Nc1ccc(C2CCCN2C2CCCCC2)cc1. The summed E-state index contributed by atoms with van der Waals surface area (Å²) < 4.78 is 0. The molecule has 0 bridgehead atoms. The molecule has 98 valence electrons. The van der Waals surface area contributed by atoms with E-state index in [2.05, 4.69) is 17.0 Å². The lowest BCUT2D eigenvalue weighted by Crippen LogP contribution is -2.36. The molecule has 1 aromatic carbocycles. The van der Waals surface area contributed by atoms with E-state index in [0.29, 0.717) is 6.04 Å². The number of nitrogens with zero attached hydrogens (tertiary/aromatic N) is 1. The maximum atomic E-state index is 5.79. The molecule has 1 unspecified atom stereocenters. The molecule has 3 rings (SSSR count). The van der Waals surface area contributed by atoms with Gasteiger partial charge in [-0.15, -0.1) is 0 Å². The van der Waals surface area contributed by atoms with E-state index in [4.69, 9.17) is 5.73 Å². The molecular formula is C16H24N2. The van der Waals surface area contributed by atoms with Crippen LogP contribution in [-0.4, -0.2) is 17.5 Å². The lowest BCUT2D eigenvalue weighted by molar-refractivity contribution is 0.142. The van der Waals surface area contributed by atoms with Gasteiger partial charge in [-0.05, 0) is 49.9 Å². The van der Waals surface area contributed by atoms with Crippen molar-refractivity contribution in [2.75, 3.05) is 12.3 Å². The Labute approximate surface area is 110 Å². The average molecular weight is 244 g/mol. The topological polar surface area (TPSA) is 29.3 Å². The summed E-state index contributed by atoms with van der Waals surface area (Å²) in [6, 6.07) is 10.0.